The number of hydrogen-bond donors (Lipinski definition) is 0. The van der Waals surface area contributed by atoms with Gasteiger partial charge in [0.1, 0.15) is 5.75 Å². The van der Waals surface area contributed by atoms with Crippen molar-refractivity contribution in [1.82, 2.24) is 4.98 Å². The molecule has 1 saturated heterocycles. The van der Waals surface area contributed by atoms with E-state index in [0.29, 0.717) is 52.0 Å². The van der Waals surface area contributed by atoms with Crippen LogP contribution < -0.4 is 9.64 Å². The van der Waals surface area contributed by atoms with Gasteiger partial charge in [0.25, 0.3) is 0 Å². The first-order valence-corrected chi connectivity index (χ1v) is 14.7. The normalized spacial score (nSPS) is 18.4. The Morgan fingerprint density at radius 1 is 0.907 bits per heavy atom. The maximum absolute atomic E-state index is 13.5. The van der Waals surface area contributed by atoms with Crippen molar-refractivity contribution in [2.75, 3.05) is 12.0 Å². The fraction of sp³-hybridized carbons (Fsp3) is 0.206. The van der Waals surface area contributed by atoms with Crippen molar-refractivity contribution in [2.24, 2.45) is 11.8 Å². The van der Waals surface area contributed by atoms with Gasteiger partial charge in [0.05, 0.1) is 41.4 Å². The summed E-state index contributed by atoms with van der Waals surface area (Å²) in [5.41, 5.74) is 2.90. The topological polar surface area (TPSA) is 103 Å². The number of ketones is 1. The summed E-state index contributed by atoms with van der Waals surface area (Å²) in [6.45, 7) is 1.54. The van der Waals surface area contributed by atoms with Gasteiger partial charge < -0.3 is 9.47 Å². The summed E-state index contributed by atoms with van der Waals surface area (Å²) in [5.74, 6) is -1.37. The van der Waals surface area contributed by atoms with Crippen molar-refractivity contribution in [3.8, 4) is 17.0 Å². The van der Waals surface area contributed by atoms with Crippen LogP contribution in [0.15, 0.2) is 89.4 Å². The van der Waals surface area contributed by atoms with E-state index in [1.807, 2.05) is 18.2 Å². The monoisotopic (exact) mass is 638 g/mol. The van der Waals surface area contributed by atoms with Crippen LogP contribution in [0.2, 0.25) is 0 Å². The van der Waals surface area contributed by atoms with E-state index in [9.17, 15) is 19.2 Å². The second-order valence-corrected chi connectivity index (χ2v) is 11.5. The zero-order valence-electron chi connectivity index (χ0n) is 23.5. The van der Waals surface area contributed by atoms with Crippen LogP contribution in [0.5, 0.6) is 5.75 Å². The number of fused-ring (bicyclic) bond motifs is 2. The second-order valence-electron chi connectivity index (χ2n) is 10.6. The molecule has 3 aromatic carbocycles. The van der Waals surface area contributed by atoms with Crippen molar-refractivity contribution < 1.29 is 28.7 Å². The molecular weight excluding hydrogens is 612 g/mol. The summed E-state index contributed by atoms with van der Waals surface area (Å²) in [7, 11) is 1.54. The molecule has 0 unspecified atom stereocenters. The first-order valence-electron chi connectivity index (χ1n) is 13.9. The molecule has 6 rings (SSSR count). The minimum absolute atomic E-state index is 0.176. The molecule has 2 aliphatic rings. The second kappa shape index (κ2) is 11.6. The van der Waals surface area contributed by atoms with Gasteiger partial charge in [-0.15, -0.1) is 0 Å². The first kappa shape index (κ1) is 28.5. The molecule has 216 valence electrons. The molecule has 0 spiro atoms. The largest absolute Gasteiger partial charge is 0.497 e. The van der Waals surface area contributed by atoms with E-state index in [2.05, 4.69) is 15.9 Å². The molecule has 1 aliphatic carbocycles. The number of Topliss-reactive ketones (excluding diaryl/α,β-unsaturated/α-hetero) is 1. The van der Waals surface area contributed by atoms with Crippen LogP contribution in [0.25, 0.3) is 22.2 Å². The zero-order valence-corrected chi connectivity index (χ0v) is 25.0. The standard InChI is InChI=1S/C34H27BrN2O6/c1-19(31(38)21-9-14-24(42-2)15-10-21)43-34(41)28-18-30(36-29-16-11-22(35)17-27(28)29)20-7-12-23(13-8-20)37-32(39)25-5-3-4-6-26(25)33(37)40/h3-4,7-19,25-26H,5-6H2,1-2H3/t19-,25+,26+/m1/s1. The predicted molar refractivity (Wildman–Crippen MR) is 165 cm³/mol. The molecule has 2 amide bonds. The number of carbonyl (C=O) groups is 4. The Hall–Kier alpha value is -4.63. The van der Waals surface area contributed by atoms with Crippen molar-refractivity contribution >= 4 is 56.1 Å². The number of aromatic nitrogens is 1. The molecule has 0 saturated carbocycles. The molecule has 2 heterocycles. The number of ether oxygens (including phenoxy) is 2. The summed E-state index contributed by atoms with van der Waals surface area (Å²) >= 11 is 3.46. The lowest BCUT2D eigenvalue weighted by molar-refractivity contribution is -0.122. The van der Waals surface area contributed by atoms with Crippen LogP contribution in [0.1, 0.15) is 40.5 Å². The number of nitrogens with zero attached hydrogens (tertiary/aromatic N) is 2. The number of methoxy groups -OCH3 is 1. The molecule has 1 aromatic heterocycles. The Balaban J connectivity index is 1.29. The summed E-state index contributed by atoms with van der Waals surface area (Å²) in [4.78, 5) is 58.6. The summed E-state index contributed by atoms with van der Waals surface area (Å²) in [6, 6.07) is 20.6. The van der Waals surface area contributed by atoms with Crippen molar-refractivity contribution in [3.63, 3.8) is 0 Å². The predicted octanol–water partition coefficient (Wildman–Crippen LogP) is 6.56. The number of amides is 2. The lowest BCUT2D eigenvalue weighted by atomic mass is 9.85. The van der Waals surface area contributed by atoms with Crippen LogP contribution in [0.3, 0.4) is 0 Å². The molecule has 4 aromatic rings. The number of hydrogen-bond acceptors (Lipinski definition) is 7. The molecule has 3 atom stereocenters. The number of anilines is 1. The van der Waals surface area contributed by atoms with Gasteiger partial charge in [-0.1, -0.05) is 40.2 Å². The average Bonchev–Trinajstić information content (AvgIpc) is 3.29. The Labute approximate surface area is 256 Å². The van der Waals surface area contributed by atoms with Gasteiger partial charge in [0.15, 0.2) is 6.10 Å². The maximum Gasteiger partial charge on any atom is 0.339 e. The lowest BCUT2D eigenvalue weighted by Crippen LogP contribution is -2.30. The number of allylic oxidation sites excluding steroid dienone is 2. The summed E-state index contributed by atoms with van der Waals surface area (Å²) < 4.78 is 11.6. The first-order chi connectivity index (χ1) is 20.7. The van der Waals surface area contributed by atoms with Crippen LogP contribution in [-0.2, 0) is 14.3 Å². The van der Waals surface area contributed by atoms with Crippen molar-refractivity contribution in [2.45, 2.75) is 25.9 Å². The Morgan fingerprint density at radius 3 is 2.19 bits per heavy atom. The van der Waals surface area contributed by atoms with Crippen LogP contribution in [-0.4, -0.2) is 41.8 Å². The average molecular weight is 640 g/mol. The van der Waals surface area contributed by atoms with E-state index in [1.165, 1.54) is 11.8 Å². The minimum atomic E-state index is -1.03. The third-order valence-corrected chi connectivity index (χ3v) is 8.44. The van der Waals surface area contributed by atoms with Crippen LogP contribution in [0.4, 0.5) is 5.69 Å². The highest BCUT2D eigenvalue weighted by atomic mass is 79.9. The number of imide groups is 1. The quantitative estimate of drug-likeness (QED) is 0.0978. The smallest absolute Gasteiger partial charge is 0.339 e. The molecule has 1 fully saturated rings. The van der Waals surface area contributed by atoms with E-state index in [1.54, 1.807) is 73.8 Å². The number of pyridine rings is 1. The van der Waals surface area contributed by atoms with E-state index in [-0.39, 0.29) is 35.0 Å². The Morgan fingerprint density at radius 2 is 1.56 bits per heavy atom. The fourth-order valence-corrected chi connectivity index (χ4v) is 5.98. The van der Waals surface area contributed by atoms with E-state index in [4.69, 9.17) is 14.5 Å². The molecule has 0 bridgehead atoms. The minimum Gasteiger partial charge on any atom is -0.497 e. The highest BCUT2D eigenvalue weighted by molar-refractivity contribution is 9.10. The number of rotatable bonds is 7. The van der Waals surface area contributed by atoms with Gasteiger partial charge in [-0.3, -0.25) is 19.3 Å². The number of halogens is 1. The number of benzene rings is 3. The molecular formula is C34H27BrN2O6. The Kier molecular flexibility index (Phi) is 7.66. The van der Waals surface area contributed by atoms with Gasteiger partial charge in [-0.2, -0.15) is 0 Å². The number of esters is 1. The lowest BCUT2D eigenvalue weighted by Gasteiger charge is -2.16. The van der Waals surface area contributed by atoms with Crippen molar-refractivity contribution in [1.29, 1.82) is 0 Å². The third-order valence-electron chi connectivity index (χ3n) is 7.95. The fourth-order valence-electron chi connectivity index (χ4n) is 5.62. The third kappa shape index (κ3) is 5.36. The van der Waals surface area contributed by atoms with E-state index >= 15 is 0 Å². The zero-order chi connectivity index (χ0) is 30.2. The molecule has 0 radical (unpaired) electrons. The van der Waals surface area contributed by atoms with Crippen LogP contribution in [0, 0.1) is 11.8 Å². The van der Waals surface area contributed by atoms with Gasteiger partial charge in [-0.25, -0.2) is 9.78 Å². The molecule has 43 heavy (non-hydrogen) atoms. The molecule has 0 N–H and O–H groups in total. The number of carbonyl (C=O) groups excluding carboxylic acids is 4. The molecule has 8 nitrogen and oxygen atoms in total. The summed E-state index contributed by atoms with van der Waals surface area (Å²) in [6.07, 6.45) is 4.03. The summed E-state index contributed by atoms with van der Waals surface area (Å²) in [5, 5.41) is 0.563. The maximum atomic E-state index is 13.5. The van der Waals surface area contributed by atoms with Gasteiger partial charge in [-0.05, 0) is 80.4 Å². The SMILES string of the molecule is COc1ccc(C(=O)[C@@H](C)OC(=O)c2cc(-c3ccc(N4C(=O)[C@H]5CC=CC[C@@H]5C4=O)cc3)nc3ccc(Br)cc23)cc1. The molecule has 9 heteroatoms. The van der Waals surface area contributed by atoms with Gasteiger partial charge in [0, 0.05) is 21.0 Å². The van der Waals surface area contributed by atoms with Gasteiger partial charge >= 0.3 is 5.97 Å². The highest BCUT2D eigenvalue weighted by Crippen LogP contribution is 2.38. The van der Waals surface area contributed by atoms with E-state index < -0.39 is 12.1 Å². The van der Waals surface area contributed by atoms with Crippen LogP contribution >= 0.6 is 15.9 Å². The Bertz CT molecular complexity index is 1770. The van der Waals surface area contributed by atoms with E-state index in [0.717, 1.165) is 4.47 Å². The van der Waals surface area contributed by atoms with Gasteiger partial charge in [0.2, 0.25) is 17.6 Å². The van der Waals surface area contributed by atoms with Crippen molar-refractivity contribution in [3.05, 3.63) is 101 Å². The highest BCUT2D eigenvalue weighted by Gasteiger charge is 2.47. The molecule has 1 aliphatic heterocycles.